The summed E-state index contributed by atoms with van der Waals surface area (Å²) in [5.74, 6) is 0.456. The molecule has 0 aromatic heterocycles. The average molecular weight is 597 g/mol. The number of hydrogen-bond acceptors (Lipinski definition) is 6. The van der Waals surface area contributed by atoms with E-state index in [9.17, 15) is 19.2 Å². The lowest BCUT2D eigenvalue weighted by molar-refractivity contribution is -0.130. The van der Waals surface area contributed by atoms with Crippen LogP contribution < -0.4 is 31.2 Å². The molecule has 0 heterocycles. The summed E-state index contributed by atoms with van der Waals surface area (Å²) >= 11 is 0. The van der Waals surface area contributed by atoms with Gasteiger partial charge in [-0.1, -0.05) is 71.2 Å². The largest absolute Gasteiger partial charge is 0.483 e. The maximum atomic E-state index is 12.1. The number of nitrogens with one attached hydrogen (secondary N) is 4. The zero-order valence-corrected chi connectivity index (χ0v) is 26.4. The number of carbonyl (C=O) groups is 4. The first-order valence-corrected chi connectivity index (χ1v) is 15.1. The molecule has 2 aromatic carbocycles. The standard InChI is InChI=1S/C33H48N4O6/c1-22(2)26-16-14-24(5)18-28(26)42-20-32(40)36-34-30(38)12-10-8-7-9-11-13-31(39)35-37-33(41)21-43-29-19-25(6)15-17-27(29)23(3)4/h14-19,22-23H,7-13,20-21H2,1-6H3,(H,34,38)(H,35,39)(H,36,40)(H,37,41). The third kappa shape index (κ3) is 13.6. The minimum absolute atomic E-state index is 0.193. The van der Waals surface area contributed by atoms with Crippen molar-refractivity contribution in [3.63, 3.8) is 0 Å². The van der Waals surface area contributed by atoms with Crippen molar-refractivity contribution in [2.75, 3.05) is 13.2 Å². The van der Waals surface area contributed by atoms with Gasteiger partial charge in [0.2, 0.25) is 11.8 Å². The third-order valence-electron chi connectivity index (χ3n) is 6.79. The van der Waals surface area contributed by atoms with E-state index in [4.69, 9.17) is 9.47 Å². The van der Waals surface area contributed by atoms with Crippen molar-refractivity contribution in [3.05, 3.63) is 58.7 Å². The van der Waals surface area contributed by atoms with E-state index in [0.29, 0.717) is 24.3 Å². The SMILES string of the molecule is Cc1ccc(C(C)C)c(OCC(=O)NNC(=O)CCCCCCCC(=O)NNC(=O)COc2cc(C)ccc2C(C)C)c1. The molecule has 4 N–H and O–H groups in total. The van der Waals surface area contributed by atoms with Crippen LogP contribution in [0.15, 0.2) is 36.4 Å². The van der Waals surface area contributed by atoms with Crippen LogP contribution in [0, 0.1) is 13.8 Å². The van der Waals surface area contributed by atoms with E-state index < -0.39 is 11.8 Å². The van der Waals surface area contributed by atoms with Gasteiger partial charge in [0.1, 0.15) is 11.5 Å². The van der Waals surface area contributed by atoms with Gasteiger partial charge in [-0.2, -0.15) is 0 Å². The number of unbranched alkanes of at least 4 members (excludes halogenated alkanes) is 4. The third-order valence-corrected chi connectivity index (χ3v) is 6.79. The molecule has 0 spiro atoms. The molecule has 0 aliphatic rings. The summed E-state index contributed by atoms with van der Waals surface area (Å²) in [6.07, 6.45) is 4.41. The second kappa shape index (κ2) is 18.5. The fourth-order valence-corrected chi connectivity index (χ4v) is 4.35. The Morgan fingerprint density at radius 3 is 1.28 bits per heavy atom. The van der Waals surface area contributed by atoms with Gasteiger partial charge < -0.3 is 9.47 Å². The molecule has 4 amide bonds. The number of rotatable bonds is 16. The number of benzene rings is 2. The van der Waals surface area contributed by atoms with Crippen molar-refractivity contribution < 1.29 is 28.7 Å². The van der Waals surface area contributed by atoms with E-state index in [2.05, 4.69) is 49.4 Å². The molecule has 0 aliphatic carbocycles. The summed E-state index contributed by atoms with van der Waals surface area (Å²) in [6.45, 7) is 11.8. The van der Waals surface area contributed by atoms with Crippen LogP contribution in [0.4, 0.5) is 0 Å². The van der Waals surface area contributed by atoms with Gasteiger partial charge >= 0.3 is 0 Å². The van der Waals surface area contributed by atoms with E-state index in [1.54, 1.807) is 0 Å². The van der Waals surface area contributed by atoms with Crippen molar-refractivity contribution in [3.8, 4) is 11.5 Å². The second-order valence-electron chi connectivity index (χ2n) is 11.4. The lowest BCUT2D eigenvalue weighted by Crippen LogP contribution is -2.43. The normalized spacial score (nSPS) is 10.8. The molecule has 0 unspecified atom stereocenters. The summed E-state index contributed by atoms with van der Waals surface area (Å²) in [5.41, 5.74) is 13.8. The monoisotopic (exact) mass is 596 g/mol. The highest BCUT2D eigenvalue weighted by atomic mass is 16.5. The molecular formula is C33H48N4O6. The molecule has 0 bridgehead atoms. The molecule has 0 atom stereocenters. The quantitative estimate of drug-likeness (QED) is 0.159. The van der Waals surface area contributed by atoms with Gasteiger partial charge in [-0.25, -0.2) is 0 Å². The van der Waals surface area contributed by atoms with E-state index in [0.717, 1.165) is 41.5 Å². The van der Waals surface area contributed by atoms with E-state index in [1.165, 1.54) is 0 Å². The van der Waals surface area contributed by atoms with Crippen LogP contribution in [0.1, 0.15) is 107 Å². The molecule has 0 fully saturated rings. The van der Waals surface area contributed by atoms with Crippen molar-refractivity contribution in [2.24, 2.45) is 0 Å². The Morgan fingerprint density at radius 2 is 0.907 bits per heavy atom. The smallest absolute Gasteiger partial charge is 0.276 e. The average Bonchev–Trinajstić information content (AvgIpc) is 2.96. The Labute approximate surface area is 255 Å². The molecule has 0 aliphatic heterocycles. The van der Waals surface area contributed by atoms with Gasteiger partial charge in [0.05, 0.1) is 0 Å². The maximum absolute atomic E-state index is 12.1. The molecule has 2 aromatic rings. The number of hydrazine groups is 2. The number of ether oxygens (including phenoxy) is 2. The highest BCUT2D eigenvalue weighted by Crippen LogP contribution is 2.28. The van der Waals surface area contributed by atoms with Gasteiger partial charge in [-0.05, 0) is 72.9 Å². The van der Waals surface area contributed by atoms with Crippen LogP contribution in [0.5, 0.6) is 11.5 Å². The summed E-state index contributed by atoms with van der Waals surface area (Å²) in [6, 6.07) is 11.8. The number of aryl methyl sites for hydroxylation is 2. The van der Waals surface area contributed by atoms with Gasteiger partial charge in [-0.15, -0.1) is 0 Å². The van der Waals surface area contributed by atoms with E-state index in [-0.39, 0.29) is 49.7 Å². The predicted octanol–water partition coefficient (Wildman–Crippen LogP) is 5.03. The molecule has 2 rings (SSSR count). The fraction of sp³-hybridized carbons (Fsp3) is 0.515. The highest BCUT2D eigenvalue weighted by Gasteiger charge is 2.12. The van der Waals surface area contributed by atoms with E-state index in [1.807, 2.05) is 50.2 Å². The van der Waals surface area contributed by atoms with Crippen molar-refractivity contribution in [1.82, 2.24) is 21.7 Å². The van der Waals surface area contributed by atoms with Crippen LogP contribution in [0.25, 0.3) is 0 Å². The first-order chi connectivity index (χ1) is 20.5. The summed E-state index contributed by atoms with van der Waals surface area (Å²) in [5, 5.41) is 0. The zero-order valence-electron chi connectivity index (χ0n) is 26.4. The lowest BCUT2D eigenvalue weighted by Gasteiger charge is -2.15. The van der Waals surface area contributed by atoms with Crippen molar-refractivity contribution in [2.45, 2.75) is 98.3 Å². The second-order valence-corrected chi connectivity index (χ2v) is 11.4. The van der Waals surface area contributed by atoms with Crippen LogP contribution in [0.3, 0.4) is 0 Å². The topological polar surface area (TPSA) is 135 Å². The minimum Gasteiger partial charge on any atom is -0.483 e. The van der Waals surface area contributed by atoms with Crippen LogP contribution >= 0.6 is 0 Å². The maximum Gasteiger partial charge on any atom is 0.276 e. The molecule has 10 nitrogen and oxygen atoms in total. The Morgan fingerprint density at radius 1 is 0.558 bits per heavy atom. The Balaban J connectivity index is 1.50. The molecule has 236 valence electrons. The minimum atomic E-state index is -0.432. The van der Waals surface area contributed by atoms with Crippen molar-refractivity contribution >= 4 is 23.6 Å². The molecule has 43 heavy (non-hydrogen) atoms. The van der Waals surface area contributed by atoms with Crippen molar-refractivity contribution in [1.29, 1.82) is 0 Å². The summed E-state index contributed by atoms with van der Waals surface area (Å²) in [7, 11) is 0. The number of amides is 4. The van der Waals surface area contributed by atoms with Gasteiger partial charge in [0.15, 0.2) is 13.2 Å². The zero-order chi connectivity index (χ0) is 31.8. The van der Waals surface area contributed by atoms with Crippen LogP contribution in [-0.4, -0.2) is 36.8 Å². The van der Waals surface area contributed by atoms with E-state index >= 15 is 0 Å². The first kappa shape index (κ1) is 35.1. The Kier molecular flexibility index (Phi) is 15.1. The predicted molar refractivity (Wildman–Crippen MR) is 166 cm³/mol. The molecular weight excluding hydrogens is 548 g/mol. The van der Waals surface area contributed by atoms with Gasteiger partial charge in [0.25, 0.3) is 11.8 Å². The molecule has 0 saturated heterocycles. The summed E-state index contributed by atoms with van der Waals surface area (Å²) < 4.78 is 11.4. The molecule has 0 radical (unpaired) electrons. The highest BCUT2D eigenvalue weighted by molar-refractivity contribution is 5.83. The number of hydrogen-bond donors (Lipinski definition) is 4. The Hall–Kier alpha value is -4.08. The van der Waals surface area contributed by atoms with Gasteiger partial charge in [-0.3, -0.25) is 40.9 Å². The summed E-state index contributed by atoms with van der Waals surface area (Å²) in [4.78, 5) is 48.3. The Bertz CT molecular complexity index is 1130. The van der Waals surface area contributed by atoms with Crippen LogP contribution in [-0.2, 0) is 19.2 Å². The van der Waals surface area contributed by atoms with Gasteiger partial charge in [0, 0.05) is 12.8 Å². The fourth-order valence-electron chi connectivity index (χ4n) is 4.35. The first-order valence-electron chi connectivity index (χ1n) is 15.1. The molecule has 0 saturated carbocycles. The van der Waals surface area contributed by atoms with Crippen LogP contribution in [0.2, 0.25) is 0 Å². The molecule has 10 heteroatoms. The lowest BCUT2D eigenvalue weighted by atomic mass is 10.0. The number of carbonyl (C=O) groups excluding carboxylic acids is 4.